The van der Waals surface area contributed by atoms with E-state index in [1.807, 2.05) is 49.4 Å². The molecule has 0 aromatic heterocycles. The van der Waals surface area contributed by atoms with Crippen molar-refractivity contribution >= 4 is 11.9 Å². The van der Waals surface area contributed by atoms with E-state index in [-0.39, 0.29) is 5.78 Å². The van der Waals surface area contributed by atoms with Crippen molar-refractivity contribution in [2.75, 3.05) is 20.8 Å². The number of para-hydroxylation sites is 1. The van der Waals surface area contributed by atoms with Gasteiger partial charge in [-0.05, 0) is 55.7 Å². The van der Waals surface area contributed by atoms with E-state index in [9.17, 15) is 4.79 Å². The molecule has 0 spiro atoms. The second-order valence-corrected chi connectivity index (χ2v) is 5.83. The molecule has 4 nitrogen and oxygen atoms in total. The van der Waals surface area contributed by atoms with Crippen molar-refractivity contribution in [2.24, 2.45) is 0 Å². The molecular weight excluding hydrogens is 316 g/mol. The first-order chi connectivity index (χ1) is 12.2. The van der Waals surface area contributed by atoms with E-state index in [4.69, 9.17) is 14.2 Å². The van der Waals surface area contributed by atoms with E-state index in [1.165, 1.54) is 0 Å². The minimum atomic E-state index is 0.0627. The van der Waals surface area contributed by atoms with E-state index < -0.39 is 0 Å². The maximum Gasteiger partial charge on any atom is 0.189 e. The Morgan fingerprint density at radius 2 is 1.92 bits per heavy atom. The van der Waals surface area contributed by atoms with Gasteiger partial charge in [0.25, 0.3) is 0 Å². The van der Waals surface area contributed by atoms with Crippen LogP contribution in [0.15, 0.2) is 42.0 Å². The maximum atomic E-state index is 12.8. The molecule has 0 N–H and O–H groups in total. The SMILES string of the molecule is CCOc1cccc(/C=C2\CCc3cc(OC)ccc3C2=O)c1OC. The van der Waals surface area contributed by atoms with Crippen LogP contribution in [0.2, 0.25) is 0 Å². The van der Waals surface area contributed by atoms with Gasteiger partial charge in [-0.1, -0.05) is 12.1 Å². The number of carbonyl (C=O) groups excluding carboxylic acids is 1. The molecule has 0 atom stereocenters. The van der Waals surface area contributed by atoms with Crippen LogP contribution in [0.3, 0.4) is 0 Å². The van der Waals surface area contributed by atoms with Crippen molar-refractivity contribution in [3.8, 4) is 17.2 Å². The molecule has 130 valence electrons. The van der Waals surface area contributed by atoms with Gasteiger partial charge in [0, 0.05) is 16.7 Å². The predicted molar refractivity (Wildman–Crippen MR) is 97.8 cm³/mol. The summed E-state index contributed by atoms with van der Waals surface area (Å²) < 4.78 is 16.4. The highest BCUT2D eigenvalue weighted by Crippen LogP contribution is 2.35. The summed E-state index contributed by atoms with van der Waals surface area (Å²) >= 11 is 0. The van der Waals surface area contributed by atoms with Crippen molar-refractivity contribution in [1.29, 1.82) is 0 Å². The number of hydrogen-bond acceptors (Lipinski definition) is 4. The summed E-state index contributed by atoms with van der Waals surface area (Å²) in [7, 11) is 3.25. The second-order valence-electron chi connectivity index (χ2n) is 5.83. The first-order valence-electron chi connectivity index (χ1n) is 8.40. The van der Waals surface area contributed by atoms with Gasteiger partial charge in [-0.3, -0.25) is 4.79 Å². The van der Waals surface area contributed by atoms with Gasteiger partial charge < -0.3 is 14.2 Å². The van der Waals surface area contributed by atoms with Crippen LogP contribution in [0.4, 0.5) is 0 Å². The molecule has 0 bridgehead atoms. The summed E-state index contributed by atoms with van der Waals surface area (Å²) in [5, 5.41) is 0. The second kappa shape index (κ2) is 7.43. The molecular formula is C21H22O4. The van der Waals surface area contributed by atoms with Crippen molar-refractivity contribution in [3.63, 3.8) is 0 Å². The Morgan fingerprint density at radius 1 is 1.08 bits per heavy atom. The zero-order valence-corrected chi connectivity index (χ0v) is 14.8. The average Bonchev–Trinajstić information content (AvgIpc) is 2.64. The van der Waals surface area contributed by atoms with Gasteiger partial charge in [-0.25, -0.2) is 0 Å². The van der Waals surface area contributed by atoms with Crippen LogP contribution in [-0.4, -0.2) is 26.6 Å². The number of Topliss-reactive ketones (excluding diaryl/α,β-unsaturated/α-hetero) is 1. The third-order valence-electron chi connectivity index (χ3n) is 4.36. The Bertz CT molecular complexity index is 821. The van der Waals surface area contributed by atoms with Crippen LogP contribution >= 0.6 is 0 Å². The number of rotatable bonds is 5. The molecule has 0 saturated carbocycles. The molecule has 1 aliphatic carbocycles. The molecule has 0 saturated heterocycles. The Kier molecular flexibility index (Phi) is 5.08. The predicted octanol–water partition coefficient (Wildman–Crippen LogP) is 4.32. The van der Waals surface area contributed by atoms with E-state index in [0.717, 1.165) is 34.4 Å². The summed E-state index contributed by atoms with van der Waals surface area (Å²) in [4.78, 5) is 12.8. The third-order valence-corrected chi connectivity index (χ3v) is 4.36. The van der Waals surface area contributed by atoms with Gasteiger partial charge in [0.15, 0.2) is 17.3 Å². The molecule has 2 aromatic rings. The first kappa shape index (κ1) is 17.1. The fraction of sp³-hybridized carbons (Fsp3) is 0.286. The van der Waals surface area contributed by atoms with E-state index in [2.05, 4.69) is 0 Å². The summed E-state index contributed by atoms with van der Waals surface area (Å²) in [6.07, 6.45) is 3.43. The summed E-state index contributed by atoms with van der Waals surface area (Å²) in [5.41, 5.74) is 3.42. The maximum absolute atomic E-state index is 12.8. The summed E-state index contributed by atoms with van der Waals surface area (Å²) in [6.45, 7) is 2.49. The Labute approximate surface area is 148 Å². The minimum absolute atomic E-state index is 0.0627. The normalized spacial score (nSPS) is 15.0. The van der Waals surface area contributed by atoms with Crippen molar-refractivity contribution in [2.45, 2.75) is 19.8 Å². The van der Waals surface area contributed by atoms with Crippen molar-refractivity contribution in [3.05, 3.63) is 58.7 Å². The third kappa shape index (κ3) is 3.38. The van der Waals surface area contributed by atoms with E-state index in [1.54, 1.807) is 14.2 Å². The lowest BCUT2D eigenvalue weighted by molar-refractivity contribution is 0.102. The van der Waals surface area contributed by atoms with Gasteiger partial charge >= 0.3 is 0 Å². The lowest BCUT2D eigenvalue weighted by Gasteiger charge is -2.19. The van der Waals surface area contributed by atoms with E-state index in [0.29, 0.717) is 24.5 Å². The quantitative estimate of drug-likeness (QED) is 0.762. The molecule has 0 heterocycles. The van der Waals surface area contributed by atoms with Gasteiger partial charge in [-0.15, -0.1) is 0 Å². The first-order valence-corrected chi connectivity index (χ1v) is 8.40. The number of hydrogen-bond donors (Lipinski definition) is 0. The summed E-state index contributed by atoms with van der Waals surface area (Å²) in [6, 6.07) is 11.3. The Balaban J connectivity index is 1.97. The largest absolute Gasteiger partial charge is 0.497 e. The Hall–Kier alpha value is -2.75. The smallest absolute Gasteiger partial charge is 0.189 e. The molecule has 0 unspecified atom stereocenters. The molecule has 2 aromatic carbocycles. The number of fused-ring (bicyclic) bond motifs is 1. The fourth-order valence-corrected chi connectivity index (χ4v) is 3.14. The number of allylic oxidation sites excluding steroid dienone is 1. The topological polar surface area (TPSA) is 44.8 Å². The zero-order valence-electron chi connectivity index (χ0n) is 14.8. The lowest BCUT2D eigenvalue weighted by atomic mass is 9.86. The molecule has 25 heavy (non-hydrogen) atoms. The van der Waals surface area contributed by atoms with Crippen LogP contribution in [0.25, 0.3) is 6.08 Å². The van der Waals surface area contributed by atoms with Crippen LogP contribution in [0, 0.1) is 0 Å². The van der Waals surface area contributed by atoms with Gasteiger partial charge in [0.2, 0.25) is 0 Å². The standard InChI is InChI=1S/C21H22O4/c1-4-25-19-7-5-6-16(21(19)24-3)12-15-9-8-14-13-17(23-2)10-11-18(14)20(15)22/h5-7,10-13H,4,8-9H2,1-3H3/b15-12+. The number of carbonyl (C=O) groups is 1. The van der Waals surface area contributed by atoms with Gasteiger partial charge in [0.1, 0.15) is 5.75 Å². The molecule has 0 fully saturated rings. The highest BCUT2D eigenvalue weighted by Gasteiger charge is 2.23. The Morgan fingerprint density at radius 3 is 2.64 bits per heavy atom. The lowest BCUT2D eigenvalue weighted by Crippen LogP contribution is -2.14. The molecule has 1 aliphatic rings. The van der Waals surface area contributed by atoms with Crippen LogP contribution in [-0.2, 0) is 6.42 Å². The zero-order chi connectivity index (χ0) is 17.8. The van der Waals surface area contributed by atoms with Gasteiger partial charge in [-0.2, -0.15) is 0 Å². The summed E-state index contributed by atoms with van der Waals surface area (Å²) in [5.74, 6) is 2.19. The van der Waals surface area contributed by atoms with Crippen molar-refractivity contribution < 1.29 is 19.0 Å². The van der Waals surface area contributed by atoms with E-state index >= 15 is 0 Å². The number of ether oxygens (including phenoxy) is 3. The van der Waals surface area contributed by atoms with Crippen LogP contribution in [0.1, 0.15) is 34.8 Å². The van der Waals surface area contributed by atoms with Crippen LogP contribution < -0.4 is 14.2 Å². The molecule has 0 amide bonds. The molecule has 0 aliphatic heterocycles. The van der Waals surface area contributed by atoms with Crippen LogP contribution in [0.5, 0.6) is 17.2 Å². The molecule has 4 heteroatoms. The van der Waals surface area contributed by atoms with Crippen molar-refractivity contribution in [1.82, 2.24) is 0 Å². The highest BCUT2D eigenvalue weighted by atomic mass is 16.5. The number of methoxy groups -OCH3 is 2. The fourth-order valence-electron chi connectivity index (χ4n) is 3.14. The monoisotopic (exact) mass is 338 g/mol. The highest BCUT2D eigenvalue weighted by molar-refractivity contribution is 6.13. The minimum Gasteiger partial charge on any atom is -0.497 e. The molecule has 3 rings (SSSR count). The van der Waals surface area contributed by atoms with Gasteiger partial charge in [0.05, 0.1) is 20.8 Å². The molecule has 0 radical (unpaired) electrons. The number of aryl methyl sites for hydroxylation is 1. The average molecular weight is 338 g/mol. The number of ketones is 1. The number of benzene rings is 2.